The third kappa shape index (κ3) is 3.35. The Bertz CT molecular complexity index is 958. The maximum Gasteiger partial charge on any atom is 0.267 e. The molecule has 0 bridgehead atoms. The first kappa shape index (κ1) is 16.6. The highest BCUT2D eigenvalue weighted by atomic mass is 16.5. The molecule has 0 saturated carbocycles. The maximum absolute atomic E-state index is 12.6. The smallest absolute Gasteiger partial charge is 0.267 e. The second-order valence-electron chi connectivity index (χ2n) is 6.18. The second kappa shape index (κ2) is 6.35. The van der Waals surface area contributed by atoms with Gasteiger partial charge in [-0.25, -0.2) is 4.68 Å². The van der Waals surface area contributed by atoms with Crippen molar-refractivity contribution in [2.45, 2.75) is 26.3 Å². The van der Waals surface area contributed by atoms with Gasteiger partial charge in [-0.3, -0.25) is 14.9 Å². The summed E-state index contributed by atoms with van der Waals surface area (Å²) in [4.78, 5) is 24.9. The quantitative estimate of drug-likeness (QED) is 0.789. The molecule has 0 aliphatic heterocycles. The lowest BCUT2D eigenvalue weighted by Crippen LogP contribution is -2.47. The molecule has 0 unspecified atom stereocenters. The number of hydrogen-bond donors (Lipinski definition) is 1. The lowest BCUT2D eigenvalue weighted by Gasteiger charge is -2.24. The lowest BCUT2D eigenvalue weighted by atomic mass is 10.0. The summed E-state index contributed by atoms with van der Waals surface area (Å²) in [6.07, 6.45) is 0. The van der Waals surface area contributed by atoms with Gasteiger partial charge in [0.25, 0.3) is 11.5 Å². The molecule has 2 aromatic heterocycles. The zero-order chi connectivity index (χ0) is 18.0. The largest absolute Gasteiger partial charge is 0.338 e. The van der Waals surface area contributed by atoms with Crippen LogP contribution in [0.3, 0.4) is 0 Å². The minimum absolute atomic E-state index is 0.225. The summed E-state index contributed by atoms with van der Waals surface area (Å²) in [7, 11) is 0. The Morgan fingerprint density at radius 1 is 1.16 bits per heavy atom. The summed E-state index contributed by atoms with van der Waals surface area (Å²) in [5.41, 5.74) is 0.528. The van der Waals surface area contributed by atoms with E-state index >= 15 is 0 Å². The molecule has 7 nitrogen and oxygen atoms in total. The number of nitrogens with zero attached hydrogens (tertiary/aromatic N) is 3. The van der Waals surface area contributed by atoms with Gasteiger partial charge in [-0.2, -0.15) is 5.10 Å². The molecule has 0 spiro atoms. The van der Waals surface area contributed by atoms with Crippen LogP contribution in [0.5, 0.6) is 0 Å². The van der Waals surface area contributed by atoms with E-state index in [1.165, 1.54) is 10.7 Å². The van der Waals surface area contributed by atoms with Gasteiger partial charge in [0.2, 0.25) is 5.88 Å². The van der Waals surface area contributed by atoms with E-state index in [1.54, 1.807) is 32.9 Å². The number of carbonyl (C=O) groups excluding carboxylic acids is 1. The van der Waals surface area contributed by atoms with E-state index < -0.39 is 11.4 Å². The SMILES string of the molecule is Cc1cc(NC(=O)C(C)(C)n2nc(-c3ccccc3)ccc2=O)on1. The van der Waals surface area contributed by atoms with E-state index in [9.17, 15) is 9.59 Å². The van der Waals surface area contributed by atoms with Gasteiger partial charge in [-0.05, 0) is 26.8 Å². The first-order chi connectivity index (χ1) is 11.9. The first-order valence-electron chi connectivity index (χ1n) is 7.79. The fourth-order valence-electron chi connectivity index (χ4n) is 2.36. The van der Waals surface area contributed by atoms with Crippen molar-refractivity contribution in [1.82, 2.24) is 14.9 Å². The second-order valence-corrected chi connectivity index (χ2v) is 6.18. The summed E-state index contributed by atoms with van der Waals surface area (Å²) in [6.45, 7) is 4.99. The summed E-state index contributed by atoms with van der Waals surface area (Å²) in [5.74, 6) is -0.203. The fraction of sp³-hybridized carbons (Fsp3) is 0.222. The average molecular weight is 338 g/mol. The Balaban J connectivity index is 1.96. The summed E-state index contributed by atoms with van der Waals surface area (Å²) >= 11 is 0. The number of aryl methyl sites for hydroxylation is 1. The third-order valence-corrected chi connectivity index (χ3v) is 3.82. The lowest BCUT2D eigenvalue weighted by molar-refractivity contribution is -0.123. The fourth-order valence-corrected chi connectivity index (χ4v) is 2.36. The standard InChI is InChI=1S/C18H18N4O3/c1-12-11-15(25-21-12)19-17(24)18(2,3)22-16(23)10-9-14(20-22)13-7-5-4-6-8-13/h4-11H,1-3H3,(H,19,24). The molecule has 128 valence electrons. The molecule has 0 saturated heterocycles. The van der Waals surface area contributed by atoms with Crippen molar-refractivity contribution in [3.8, 4) is 11.3 Å². The van der Waals surface area contributed by atoms with E-state index in [2.05, 4.69) is 15.6 Å². The highest BCUT2D eigenvalue weighted by molar-refractivity contribution is 5.95. The Kier molecular flexibility index (Phi) is 4.22. The zero-order valence-electron chi connectivity index (χ0n) is 14.2. The molecule has 0 aliphatic rings. The molecule has 1 aromatic carbocycles. The van der Waals surface area contributed by atoms with Gasteiger partial charge in [-0.15, -0.1) is 0 Å². The molecule has 1 N–H and O–H groups in total. The van der Waals surface area contributed by atoms with Crippen molar-refractivity contribution in [3.63, 3.8) is 0 Å². The maximum atomic E-state index is 12.6. The third-order valence-electron chi connectivity index (χ3n) is 3.82. The Hall–Kier alpha value is -3.22. The highest BCUT2D eigenvalue weighted by Gasteiger charge is 2.33. The van der Waals surface area contributed by atoms with Crippen molar-refractivity contribution < 1.29 is 9.32 Å². The molecule has 0 aliphatic carbocycles. The molecular weight excluding hydrogens is 320 g/mol. The van der Waals surface area contributed by atoms with Crippen molar-refractivity contribution in [3.05, 3.63) is 64.6 Å². The predicted octanol–water partition coefficient (Wildman–Crippen LogP) is 2.58. The number of rotatable bonds is 4. The van der Waals surface area contributed by atoms with Crippen LogP contribution in [0.2, 0.25) is 0 Å². The molecule has 25 heavy (non-hydrogen) atoms. The number of hydrogen-bond acceptors (Lipinski definition) is 5. The highest BCUT2D eigenvalue weighted by Crippen LogP contribution is 2.19. The Morgan fingerprint density at radius 2 is 1.88 bits per heavy atom. The van der Waals surface area contributed by atoms with Crippen LogP contribution in [0.25, 0.3) is 11.3 Å². The summed E-state index contributed by atoms with van der Waals surface area (Å²) in [5, 5.41) is 10.7. The molecular formula is C18H18N4O3. The molecule has 0 fully saturated rings. The van der Waals surface area contributed by atoms with Crippen molar-refractivity contribution in [2.24, 2.45) is 0 Å². The van der Waals surface area contributed by atoms with Gasteiger partial charge in [0, 0.05) is 17.7 Å². The molecule has 0 radical (unpaired) electrons. The van der Waals surface area contributed by atoms with Crippen LogP contribution in [-0.4, -0.2) is 20.8 Å². The summed E-state index contributed by atoms with van der Waals surface area (Å²) < 4.78 is 6.17. The van der Waals surface area contributed by atoms with Gasteiger partial charge < -0.3 is 4.52 Å². The summed E-state index contributed by atoms with van der Waals surface area (Å²) in [6, 6.07) is 14.1. The van der Waals surface area contributed by atoms with Crippen molar-refractivity contribution in [2.75, 3.05) is 5.32 Å². The number of amides is 1. The van der Waals surface area contributed by atoms with Crippen molar-refractivity contribution >= 4 is 11.8 Å². The first-order valence-corrected chi connectivity index (χ1v) is 7.79. The Labute approximate surface area is 144 Å². The van der Waals surface area contributed by atoms with E-state index in [-0.39, 0.29) is 11.4 Å². The van der Waals surface area contributed by atoms with Crippen LogP contribution < -0.4 is 10.9 Å². The number of aromatic nitrogens is 3. The monoisotopic (exact) mass is 338 g/mol. The average Bonchev–Trinajstić information content (AvgIpc) is 3.00. The van der Waals surface area contributed by atoms with Crippen LogP contribution >= 0.6 is 0 Å². The van der Waals surface area contributed by atoms with Gasteiger partial charge in [-0.1, -0.05) is 35.5 Å². The van der Waals surface area contributed by atoms with Gasteiger partial charge >= 0.3 is 0 Å². The molecule has 3 aromatic rings. The van der Waals surface area contributed by atoms with Gasteiger partial charge in [0.15, 0.2) is 0 Å². The topological polar surface area (TPSA) is 90.0 Å². The van der Waals surface area contributed by atoms with E-state index in [4.69, 9.17) is 4.52 Å². The van der Waals surface area contributed by atoms with Crippen LogP contribution in [0.1, 0.15) is 19.5 Å². The van der Waals surface area contributed by atoms with Gasteiger partial charge in [0.1, 0.15) is 5.54 Å². The van der Waals surface area contributed by atoms with E-state index in [0.717, 1.165) is 5.56 Å². The number of nitrogens with one attached hydrogen (secondary N) is 1. The van der Waals surface area contributed by atoms with Crippen molar-refractivity contribution in [1.29, 1.82) is 0 Å². The number of anilines is 1. The van der Waals surface area contributed by atoms with Gasteiger partial charge in [0.05, 0.1) is 11.4 Å². The molecule has 3 rings (SSSR count). The van der Waals surface area contributed by atoms with E-state index in [0.29, 0.717) is 11.4 Å². The molecule has 0 atom stereocenters. The zero-order valence-corrected chi connectivity index (χ0v) is 14.2. The molecule has 7 heteroatoms. The van der Waals surface area contributed by atoms with Crippen LogP contribution in [0, 0.1) is 6.92 Å². The Morgan fingerprint density at radius 3 is 2.52 bits per heavy atom. The van der Waals surface area contributed by atoms with Crippen LogP contribution in [0.4, 0.5) is 5.88 Å². The minimum Gasteiger partial charge on any atom is -0.338 e. The number of benzene rings is 1. The minimum atomic E-state index is -1.22. The molecule has 2 heterocycles. The van der Waals surface area contributed by atoms with Crippen LogP contribution in [0.15, 0.2) is 57.8 Å². The predicted molar refractivity (Wildman–Crippen MR) is 93.1 cm³/mol. The van der Waals surface area contributed by atoms with Crippen LogP contribution in [-0.2, 0) is 10.3 Å². The van der Waals surface area contributed by atoms with E-state index in [1.807, 2.05) is 30.3 Å². The number of carbonyl (C=O) groups is 1. The normalized spacial score (nSPS) is 11.3. The molecule has 1 amide bonds.